The topological polar surface area (TPSA) is 35.0 Å². The highest BCUT2D eigenvalue weighted by atomic mass is 127. The van der Waals surface area contributed by atoms with E-state index in [-0.39, 0.29) is 0 Å². The lowest BCUT2D eigenvalue weighted by atomic mass is 10.2. The van der Waals surface area contributed by atoms with Crippen molar-refractivity contribution in [2.24, 2.45) is 0 Å². The number of aromatic nitrogens is 2. The maximum absolute atomic E-state index is 5.92. The fourth-order valence-electron chi connectivity index (χ4n) is 2.06. The molecule has 0 spiro atoms. The van der Waals surface area contributed by atoms with E-state index in [1.165, 1.54) is 0 Å². The van der Waals surface area contributed by atoms with Crippen LogP contribution in [0.25, 0.3) is 10.2 Å². The summed E-state index contributed by atoms with van der Waals surface area (Å²) >= 11 is 3.97. The minimum atomic E-state index is 0.534. The summed E-state index contributed by atoms with van der Waals surface area (Å²) in [4.78, 5) is 9.06. The molecular weight excluding hydrogens is 383 g/mol. The third-order valence-corrected chi connectivity index (χ3v) is 4.76. The van der Waals surface area contributed by atoms with Crippen LogP contribution >= 0.6 is 33.9 Å². The van der Waals surface area contributed by atoms with Crippen molar-refractivity contribution in [1.29, 1.82) is 0 Å². The maximum Gasteiger partial charge on any atom is 0.220 e. The summed E-state index contributed by atoms with van der Waals surface area (Å²) in [7, 11) is 0. The monoisotopic (exact) mass is 396 g/mol. The lowest BCUT2D eigenvalue weighted by molar-refractivity contribution is 0.291. The van der Waals surface area contributed by atoms with Gasteiger partial charge in [-0.2, -0.15) is 0 Å². The Morgan fingerprint density at radius 2 is 2.05 bits per heavy atom. The van der Waals surface area contributed by atoms with Gasteiger partial charge in [-0.3, -0.25) is 0 Å². The maximum atomic E-state index is 5.92. The average Bonchev–Trinajstić information content (AvgIpc) is 2.96. The lowest BCUT2D eigenvalue weighted by Gasteiger charge is -2.11. The van der Waals surface area contributed by atoms with E-state index in [9.17, 15) is 0 Å². The first kappa shape index (κ1) is 13.8. The zero-order valence-electron chi connectivity index (χ0n) is 11.0. The van der Waals surface area contributed by atoms with Crippen LogP contribution < -0.4 is 4.74 Å². The molecule has 3 aromatic rings. The number of alkyl halides is 1. The summed E-state index contributed by atoms with van der Waals surface area (Å²) < 4.78 is 7.92. The highest BCUT2D eigenvalue weighted by Gasteiger charge is 2.14. The van der Waals surface area contributed by atoms with Gasteiger partial charge in [0.1, 0.15) is 6.61 Å². The molecule has 20 heavy (non-hydrogen) atoms. The van der Waals surface area contributed by atoms with Gasteiger partial charge in [0.05, 0.1) is 27.0 Å². The summed E-state index contributed by atoms with van der Waals surface area (Å²) in [6, 6.07) is 10.1. The molecule has 0 saturated carbocycles. The molecule has 0 amide bonds. The van der Waals surface area contributed by atoms with Crippen LogP contribution in [0.15, 0.2) is 35.8 Å². The van der Waals surface area contributed by atoms with Crippen LogP contribution in [0.5, 0.6) is 5.88 Å². The van der Waals surface area contributed by atoms with Crippen LogP contribution in [0.1, 0.15) is 16.8 Å². The van der Waals surface area contributed by atoms with Gasteiger partial charge in [0.2, 0.25) is 5.88 Å². The average molecular weight is 396 g/mol. The van der Waals surface area contributed by atoms with Crippen LogP contribution in [0.4, 0.5) is 0 Å². The number of nitrogens with zero attached hydrogens (tertiary/aromatic N) is 2. The van der Waals surface area contributed by atoms with Crippen LogP contribution in [-0.2, 0) is 11.0 Å². The van der Waals surface area contributed by atoms with E-state index in [2.05, 4.69) is 44.7 Å². The summed E-state index contributed by atoms with van der Waals surface area (Å²) in [6.07, 6.45) is 0. The number of hydrogen-bond donors (Lipinski definition) is 0. The molecule has 0 bridgehead atoms. The van der Waals surface area contributed by atoms with Crippen LogP contribution in [-0.4, -0.2) is 9.97 Å². The molecule has 0 aliphatic carbocycles. The molecule has 5 heteroatoms. The van der Waals surface area contributed by atoms with Gasteiger partial charge in [0, 0.05) is 4.43 Å². The summed E-state index contributed by atoms with van der Waals surface area (Å²) in [6.45, 7) is 2.54. The predicted octanol–water partition coefficient (Wildman–Crippen LogP) is 4.51. The summed E-state index contributed by atoms with van der Waals surface area (Å²) in [5, 5.41) is 0. The van der Waals surface area contributed by atoms with Crippen molar-refractivity contribution in [1.82, 2.24) is 9.97 Å². The Labute approximate surface area is 135 Å². The Balaban J connectivity index is 1.94. The van der Waals surface area contributed by atoms with Crippen molar-refractivity contribution < 1.29 is 4.74 Å². The molecule has 0 atom stereocenters. The molecule has 102 valence electrons. The van der Waals surface area contributed by atoms with E-state index in [1.807, 2.05) is 30.6 Å². The number of hydrogen-bond acceptors (Lipinski definition) is 4. The molecule has 0 aliphatic heterocycles. The molecular formula is C15H13IN2OS. The third kappa shape index (κ3) is 2.64. The Hall–Kier alpha value is -1.21. The zero-order chi connectivity index (χ0) is 13.9. The second-order valence-corrected chi connectivity index (χ2v) is 6.04. The SMILES string of the molecule is Cc1nc(OCc2ccccc2)c(CI)c2ncsc12. The van der Waals surface area contributed by atoms with Crippen LogP contribution in [0.3, 0.4) is 0 Å². The number of thiazole rings is 1. The molecule has 3 nitrogen and oxygen atoms in total. The summed E-state index contributed by atoms with van der Waals surface area (Å²) in [5.41, 5.74) is 6.11. The highest BCUT2D eigenvalue weighted by molar-refractivity contribution is 14.1. The first-order valence-electron chi connectivity index (χ1n) is 6.25. The second-order valence-electron chi connectivity index (χ2n) is 4.42. The predicted molar refractivity (Wildman–Crippen MR) is 90.7 cm³/mol. The highest BCUT2D eigenvalue weighted by Crippen LogP contribution is 2.32. The van der Waals surface area contributed by atoms with Crippen LogP contribution in [0, 0.1) is 6.92 Å². The van der Waals surface area contributed by atoms with Gasteiger partial charge in [-0.15, -0.1) is 11.3 Å². The first-order valence-corrected chi connectivity index (χ1v) is 8.65. The molecule has 2 heterocycles. The zero-order valence-corrected chi connectivity index (χ0v) is 13.9. The minimum Gasteiger partial charge on any atom is -0.473 e. The summed E-state index contributed by atoms with van der Waals surface area (Å²) in [5.74, 6) is 0.708. The minimum absolute atomic E-state index is 0.534. The van der Waals surface area contributed by atoms with Gasteiger partial charge in [0.15, 0.2) is 0 Å². The van der Waals surface area contributed by atoms with E-state index < -0.39 is 0 Å². The molecule has 1 aromatic carbocycles. The number of halogens is 1. The number of pyridine rings is 1. The van der Waals surface area contributed by atoms with Gasteiger partial charge in [-0.25, -0.2) is 9.97 Å². The Morgan fingerprint density at radius 3 is 2.80 bits per heavy atom. The Bertz CT molecular complexity index is 727. The Kier molecular flexibility index (Phi) is 4.16. The standard InChI is InChI=1S/C15H13IN2OS/c1-10-14-13(17-9-20-14)12(7-16)15(18-10)19-8-11-5-3-2-4-6-11/h2-6,9H,7-8H2,1H3. The molecule has 0 radical (unpaired) electrons. The fraction of sp³-hybridized carbons (Fsp3) is 0.200. The normalized spacial score (nSPS) is 10.9. The van der Waals surface area contributed by atoms with Gasteiger partial charge < -0.3 is 4.74 Å². The number of fused-ring (bicyclic) bond motifs is 1. The molecule has 0 saturated heterocycles. The number of aryl methyl sites for hydroxylation is 1. The van der Waals surface area contributed by atoms with Crippen molar-refractivity contribution in [2.45, 2.75) is 18.0 Å². The van der Waals surface area contributed by atoms with Crippen molar-refractivity contribution >= 4 is 44.1 Å². The van der Waals surface area contributed by atoms with Gasteiger partial charge in [-0.1, -0.05) is 52.9 Å². The Morgan fingerprint density at radius 1 is 1.25 bits per heavy atom. The molecule has 2 aromatic heterocycles. The largest absolute Gasteiger partial charge is 0.473 e. The van der Waals surface area contributed by atoms with E-state index in [0.29, 0.717) is 12.5 Å². The van der Waals surface area contributed by atoms with Crippen LogP contribution in [0.2, 0.25) is 0 Å². The quantitative estimate of drug-likeness (QED) is 0.481. The van der Waals surface area contributed by atoms with Crippen molar-refractivity contribution in [3.05, 3.63) is 52.7 Å². The smallest absolute Gasteiger partial charge is 0.220 e. The van der Waals surface area contributed by atoms with Gasteiger partial charge in [0.25, 0.3) is 0 Å². The van der Waals surface area contributed by atoms with Crippen molar-refractivity contribution in [3.63, 3.8) is 0 Å². The van der Waals surface area contributed by atoms with E-state index in [1.54, 1.807) is 11.3 Å². The van der Waals surface area contributed by atoms with Crippen molar-refractivity contribution in [2.75, 3.05) is 0 Å². The lowest BCUT2D eigenvalue weighted by Crippen LogP contribution is -2.02. The molecule has 0 fully saturated rings. The molecule has 0 N–H and O–H groups in total. The third-order valence-electron chi connectivity index (χ3n) is 3.06. The number of benzene rings is 1. The number of ether oxygens (including phenoxy) is 1. The number of rotatable bonds is 4. The molecule has 0 unspecified atom stereocenters. The first-order chi connectivity index (χ1) is 9.79. The van der Waals surface area contributed by atoms with E-state index in [4.69, 9.17) is 4.74 Å². The van der Waals surface area contributed by atoms with Gasteiger partial charge >= 0.3 is 0 Å². The molecule has 0 aliphatic rings. The fourth-order valence-corrected chi connectivity index (χ4v) is 3.51. The second kappa shape index (κ2) is 6.05. The van der Waals surface area contributed by atoms with Crippen molar-refractivity contribution in [3.8, 4) is 5.88 Å². The van der Waals surface area contributed by atoms with Gasteiger partial charge in [-0.05, 0) is 12.5 Å². The molecule has 3 rings (SSSR count). The van der Waals surface area contributed by atoms with E-state index in [0.717, 1.165) is 31.5 Å². The van der Waals surface area contributed by atoms with E-state index >= 15 is 0 Å².